The third-order valence-electron chi connectivity index (χ3n) is 5.34. The van der Waals surface area contributed by atoms with Gasteiger partial charge in [0, 0.05) is 31.0 Å². The quantitative estimate of drug-likeness (QED) is 0.718. The largest absolute Gasteiger partial charge is 0.477 e. The highest BCUT2D eigenvalue weighted by Gasteiger charge is 2.45. The second-order valence-corrected chi connectivity index (χ2v) is 8.67. The summed E-state index contributed by atoms with van der Waals surface area (Å²) in [7, 11) is 0. The number of aromatic nitrogens is 1. The molecule has 150 valence electrons. The number of carbonyl (C=O) groups excluding carboxylic acids is 1. The number of nitrogens with one attached hydrogen (secondary N) is 1. The zero-order valence-electron chi connectivity index (χ0n) is 16.7. The number of anilines is 2. The van der Waals surface area contributed by atoms with Crippen LogP contribution in [0, 0.1) is 5.92 Å². The standard InChI is InChI=1S/C19H30N4O4/c1-11-9-23(15-12-6-7-26-16(12)21-8-13(15)20)10-14(19(11,5)25)22-17(24)27-18(2,3)4/h8,11,14,25H,6-7,9-10,20H2,1-5H3,(H,22,24)/t11-,14+,19+/m0/s1. The Labute approximate surface area is 160 Å². The molecule has 0 aromatic carbocycles. The molecule has 1 aromatic rings. The zero-order chi connectivity index (χ0) is 20.0. The van der Waals surface area contributed by atoms with E-state index in [2.05, 4.69) is 15.2 Å². The molecule has 27 heavy (non-hydrogen) atoms. The van der Waals surface area contributed by atoms with Crippen LogP contribution in [-0.2, 0) is 11.2 Å². The van der Waals surface area contributed by atoms with Gasteiger partial charge in [-0.05, 0) is 27.7 Å². The predicted octanol–water partition coefficient (Wildman–Crippen LogP) is 1.70. The van der Waals surface area contributed by atoms with Crippen LogP contribution in [0.15, 0.2) is 6.20 Å². The van der Waals surface area contributed by atoms with Crippen molar-refractivity contribution in [2.45, 2.75) is 58.3 Å². The maximum atomic E-state index is 12.3. The highest BCUT2D eigenvalue weighted by atomic mass is 16.6. The summed E-state index contributed by atoms with van der Waals surface area (Å²) < 4.78 is 10.9. The third-order valence-corrected chi connectivity index (χ3v) is 5.34. The van der Waals surface area contributed by atoms with Crippen molar-refractivity contribution in [3.8, 4) is 5.88 Å². The first-order chi connectivity index (χ1) is 12.5. The van der Waals surface area contributed by atoms with Crippen molar-refractivity contribution < 1.29 is 19.4 Å². The van der Waals surface area contributed by atoms with Crippen LogP contribution in [0.25, 0.3) is 0 Å². The molecule has 8 nitrogen and oxygen atoms in total. The minimum Gasteiger partial charge on any atom is -0.477 e. The van der Waals surface area contributed by atoms with Gasteiger partial charge in [0.05, 0.1) is 35.8 Å². The highest BCUT2D eigenvalue weighted by molar-refractivity contribution is 5.74. The van der Waals surface area contributed by atoms with E-state index in [1.807, 2.05) is 27.7 Å². The van der Waals surface area contributed by atoms with Gasteiger partial charge in [0.2, 0.25) is 5.88 Å². The Morgan fingerprint density at radius 1 is 1.48 bits per heavy atom. The van der Waals surface area contributed by atoms with Gasteiger partial charge < -0.3 is 30.5 Å². The Morgan fingerprint density at radius 2 is 2.19 bits per heavy atom. The van der Waals surface area contributed by atoms with Crippen molar-refractivity contribution in [1.29, 1.82) is 0 Å². The monoisotopic (exact) mass is 378 g/mol. The van der Waals surface area contributed by atoms with Crippen LogP contribution < -0.4 is 20.7 Å². The number of rotatable bonds is 2. The summed E-state index contributed by atoms with van der Waals surface area (Å²) in [6.07, 6.45) is 1.81. The molecular formula is C19H30N4O4. The first-order valence-corrected chi connectivity index (χ1v) is 9.36. The van der Waals surface area contributed by atoms with Gasteiger partial charge in [-0.15, -0.1) is 0 Å². The lowest BCUT2D eigenvalue weighted by Crippen LogP contribution is -2.65. The number of amides is 1. The molecule has 8 heteroatoms. The zero-order valence-corrected chi connectivity index (χ0v) is 16.7. The van der Waals surface area contributed by atoms with E-state index in [0.29, 0.717) is 31.3 Å². The summed E-state index contributed by atoms with van der Waals surface area (Å²) in [5.74, 6) is 0.512. The minimum atomic E-state index is -1.07. The van der Waals surface area contributed by atoms with E-state index < -0.39 is 23.3 Å². The van der Waals surface area contributed by atoms with Gasteiger partial charge in [-0.25, -0.2) is 9.78 Å². The lowest BCUT2D eigenvalue weighted by Gasteiger charge is -2.48. The fourth-order valence-corrected chi connectivity index (χ4v) is 3.68. The number of hydrogen-bond acceptors (Lipinski definition) is 7. The van der Waals surface area contributed by atoms with E-state index in [9.17, 15) is 9.90 Å². The van der Waals surface area contributed by atoms with Gasteiger partial charge in [-0.3, -0.25) is 0 Å². The van der Waals surface area contributed by atoms with E-state index in [1.165, 1.54) is 0 Å². The fourth-order valence-electron chi connectivity index (χ4n) is 3.68. The van der Waals surface area contributed by atoms with Crippen LogP contribution in [0.3, 0.4) is 0 Å². The van der Waals surface area contributed by atoms with Crippen LogP contribution in [0.2, 0.25) is 0 Å². The molecule has 1 fully saturated rings. The van der Waals surface area contributed by atoms with Crippen molar-refractivity contribution in [2.75, 3.05) is 30.3 Å². The van der Waals surface area contributed by atoms with Gasteiger partial charge in [0.15, 0.2) is 0 Å². The van der Waals surface area contributed by atoms with Gasteiger partial charge in [0.1, 0.15) is 5.60 Å². The lowest BCUT2D eigenvalue weighted by atomic mass is 9.79. The molecule has 1 aromatic heterocycles. The second kappa shape index (κ2) is 6.74. The second-order valence-electron chi connectivity index (χ2n) is 8.67. The number of nitrogen functional groups attached to an aromatic ring is 1. The number of nitrogens with zero attached hydrogens (tertiary/aromatic N) is 2. The number of carbonyl (C=O) groups is 1. The van der Waals surface area contributed by atoms with E-state index in [0.717, 1.165) is 17.7 Å². The number of piperidine rings is 1. The van der Waals surface area contributed by atoms with Crippen molar-refractivity contribution in [2.24, 2.45) is 5.92 Å². The molecule has 2 aliphatic heterocycles. The van der Waals surface area contributed by atoms with E-state index in [4.69, 9.17) is 15.2 Å². The van der Waals surface area contributed by atoms with Crippen LogP contribution in [0.4, 0.5) is 16.2 Å². The van der Waals surface area contributed by atoms with Crippen LogP contribution in [-0.4, -0.2) is 53.1 Å². The van der Waals surface area contributed by atoms with Crippen molar-refractivity contribution in [1.82, 2.24) is 10.3 Å². The molecule has 3 rings (SSSR count). The molecule has 0 spiro atoms. The fraction of sp³-hybridized carbons (Fsp3) is 0.684. The Kier molecular flexibility index (Phi) is 4.88. The molecule has 0 radical (unpaired) electrons. The summed E-state index contributed by atoms with van der Waals surface area (Å²) in [5.41, 5.74) is 7.00. The SMILES string of the molecule is C[C@H]1CN(c2c(N)cnc3c2CCO3)C[C@@H](NC(=O)OC(C)(C)C)[C@]1(C)O. The first-order valence-electron chi connectivity index (χ1n) is 9.36. The number of ether oxygens (including phenoxy) is 2. The topological polar surface area (TPSA) is 110 Å². The molecule has 2 aliphatic rings. The van der Waals surface area contributed by atoms with Crippen LogP contribution >= 0.6 is 0 Å². The summed E-state index contributed by atoms with van der Waals surface area (Å²) in [6, 6.07) is -0.512. The van der Waals surface area contributed by atoms with Gasteiger partial charge in [-0.2, -0.15) is 0 Å². The number of nitrogens with two attached hydrogens (primary N) is 1. The maximum absolute atomic E-state index is 12.3. The average molecular weight is 378 g/mol. The number of pyridine rings is 1. The number of hydrogen-bond donors (Lipinski definition) is 3. The smallest absolute Gasteiger partial charge is 0.408 e. The third kappa shape index (κ3) is 3.90. The van der Waals surface area contributed by atoms with E-state index in [1.54, 1.807) is 13.1 Å². The van der Waals surface area contributed by atoms with Crippen molar-refractivity contribution >= 4 is 17.5 Å². The van der Waals surface area contributed by atoms with Crippen molar-refractivity contribution in [3.05, 3.63) is 11.8 Å². The molecule has 0 bridgehead atoms. The summed E-state index contributed by atoms with van der Waals surface area (Å²) in [4.78, 5) is 18.7. The Hall–Kier alpha value is -2.22. The van der Waals surface area contributed by atoms with Crippen LogP contribution in [0.1, 0.15) is 40.2 Å². The molecule has 1 saturated heterocycles. The molecule has 4 N–H and O–H groups in total. The number of aliphatic hydroxyl groups is 1. The summed E-state index contributed by atoms with van der Waals surface area (Å²) in [5, 5.41) is 13.9. The number of fused-ring (bicyclic) bond motifs is 1. The summed E-state index contributed by atoms with van der Waals surface area (Å²) >= 11 is 0. The van der Waals surface area contributed by atoms with E-state index in [-0.39, 0.29) is 5.92 Å². The first kappa shape index (κ1) is 19.5. The molecule has 3 atom stereocenters. The Bertz CT molecular complexity index is 729. The van der Waals surface area contributed by atoms with Gasteiger partial charge in [0.25, 0.3) is 0 Å². The van der Waals surface area contributed by atoms with E-state index >= 15 is 0 Å². The Morgan fingerprint density at radius 3 is 2.85 bits per heavy atom. The molecule has 3 heterocycles. The van der Waals surface area contributed by atoms with Gasteiger partial charge in [-0.1, -0.05) is 6.92 Å². The number of alkyl carbamates (subject to hydrolysis) is 1. The molecule has 0 saturated carbocycles. The minimum absolute atomic E-state index is 0.100. The molecule has 1 amide bonds. The highest BCUT2D eigenvalue weighted by Crippen LogP contribution is 2.40. The Balaban J connectivity index is 1.86. The average Bonchev–Trinajstić information content (AvgIpc) is 2.98. The molecule has 0 aliphatic carbocycles. The van der Waals surface area contributed by atoms with Crippen molar-refractivity contribution in [3.63, 3.8) is 0 Å². The summed E-state index contributed by atoms with van der Waals surface area (Å²) in [6.45, 7) is 10.7. The normalized spacial score (nSPS) is 27.7. The molecular weight excluding hydrogens is 348 g/mol. The lowest BCUT2D eigenvalue weighted by molar-refractivity contribution is -0.0405. The van der Waals surface area contributed by atoms with Crippen LogP contribution in [0.5, 0.6) is 5.88 Å². The maximum Gasteiger partial charge on any atom is 0.408 e. The molecule has 0 unspecified atom stereocenters. The predicted molar refractivity (Wildman–Crippen MR) is 103 cm³/mol. The van der Waals surface area contributed by atoms with Gasteiger partial charge >= 0.3 is 6.09 Å².